The summed E-state index contributed by atoms with van der Waals surface area (Å²) in [6.45, 7) is 1.22. The van der Waals surface area contributed by atoms with Crippen LogP contribution in [0.25, 0.3) is 16.9 Å². The molecule has 0 atom stereocenters. The molecule has 0 spiro atoms. The van der Waals surface area contributed by atoms with Gasteiger partial charge in [0.25, 0.3) is 11.5 Å². The third kappa shape index (κ3) is 4.17. The molecular weight excluding hydrogens is 428 g/mol. The highest BCUT2D eigenvalue weighted by Gasteiger charge is 2.28. The zero-order chi connectivity index (χ0) is 23.5. The first-order chi connectivity index (χ1) is 16.7. The van der Waals surface area contributed by atoms with Crippen molar-refractivity contribution in [3.8, 4) is 11.4 Å². The minimum Gasteiger partial charge on any atom is -0.495 e. The largest absolute Gasteiger partial charge is 0.495 e. The molecule has 0 radical (unpaired) electrons. The van der Waals surface area contributed by atoms with Gasteiger partial charge in [-0.25, -0.2) is 9.97 Å². The monoisotopic (exact) mass is 454 g/mol. The topological polar surface area (TPSA) is 77.3 Å². The van der Waals surface area contributed by atoms with E-state index in [1.807, 2.05) is 18.2 Å². The molecule has 1 fully saturated rings. The number of methoxy groups -OCH3 is 1. The third-order valence-corrected chi connectivity index (χ3v) is 6.41. The Morgan fingerprint density at radius 1 is 1.00 bits per heavy atom. The van der Waals surface area contributed by atoms with Crippen molar-refractivity contribution >= 4 is 17.1 Å². The van der Waals surface area contributed by atoms with E-state index < -0.39 is 5.56 Å². The molecule has 5 rings (SSSR count). The van der Waals surface area contributed by atoms with E-state index in [1.165, 1.54) is 10.1 Å². The molecule has 0 bridgehead atoms. The molecule has 34 heavy (non-hydrogen) atoms. The number of carbonyl (C=O) groups is 1. The Bertz CT molecular complexity index is 1380. The molecule has 0 N–H and O–H groups in total. The number of amides is 1. The predicted molar refractivity (Wildman–Crippen MR) is 130 cm³/mol. The fourth-order valence-electron chi connectivity index (χ4n) is 4.63. The van der Waals surface area contributed by atoms with E-state index in [2.05, 4.69) is 34.2 Å². The predicted octanol–water partition coefficient (Wildman–Crippen LogP) is 3.88. The third-order valence-electron chi connectivity index (χ3n) is 6.41. The second-order valence-corrected chi connectivity index (χ2v) is 8.54. The van der Waals surface area contributed by atoms with Gasteiger partial charge >= 0.3 is 0 Å². The lowest BCUT2D eigenvalue weighted by atomic mass is 9.90. The average molecular weight is 455 g/mol. The van der Waals surface area contributed by atoms with Crippen molar-refractivity contribution in [3.05, 3.63) is 94.5 Å². The van der Waals surface area contributed by atoms with E-state index in [0.717, 1.165) is 19.3 Å². The van der Waals surface area contributed by atoms with Gasteiger partial charge in [0.15, 0.2) is 11.3 Å². The maximum absolute atomic E-state index is 13.6. The van der Waals surface area contributed by atoms with Crippen molar-refractivity contribution in [1.29, 1.82) is 0 Å². The number of carbonyl (C=O) groups excluding carboxylic acids is 1. The maximum atomic E-state index is 13.6. The number of rotatable bonds is 5. The van der Waals surface area contributed by atoms with Gasteiger partial charge in [0.1, 0.15) is 11.3 Å². The first kappa shape index (κ1) is 21.8. The molecule has 0 unspecified atom stereocenters. The summed E-state index contributed by atoms with van der Waals surface area (Å²) >= 11 is 0. The highest BCUT2D eigenvalue weighted by molar-refractivity contribution is 5.94. The van der Waals surface area contributed by atoms with E-state index in [9.17, 15) is 9.59 Å². The summed E-state index contributed by atoms with van der Waals surface area (Å²) in [6, 6.07) is 21.1. The van der Waals surface area contributed by atoms with E-state index in [0.29, 0.717) is 41.6 Å². The molecule has 1 aliphatic rings. The summed E-state index contributed by atoms with van der Waals surface area (Å²) in [5.74, 6) is 0.700. The molecule has 1 aliphatic heterocycles. The Morgan fingerprint density at radius 2 is 1.74 bits per heavy atom. The summed E-state index contributed by atoms with van der Waals surface area (Å²) in [6.07, 6.45) is 4.41. The van der Waals surface area contributed by atoms with Gasteiger partial charge in [-0.3, -0.25) is 14.2 Å². The fraction of sp³-hybridized carbons (Fsp3) is 0.259. The molecule has 2 aromatic heterocycles. The number of aromatic nitrogens is 3. The van der Waals surface area contributed by atoms with Crippen molar-refractivity contribution < 1.29 is 9.53 Å². The van der Waals surface area contributed by atoms with Crippen molar-refractivity contribution in [2.75, 3.05) is 20.2 Å². The minimum atomic E-state index is -0.493. The van der Waals surface area contributed by atoms with Crippen LogP contribution in [0.4, 0.5) is 0 Å². The van der Waals surface area contributed by atoms with Crippen LogP contribution in [0.2, 0.25) is 0 Å². The smallest absolute Gasteiger partial charge is 0.288 e. The average Bonchev–Trinajstić information content (AvgIpc) is 2.89. The number of nitrogens with zero attached hydrogens (tertiary/aromatic N) is 4. The lowest BCUT2D eigenvalue weighted by Gasteiger charge is -2.32. The number of benzene rings is 2. The van der Waals surface area contributed by atoms with E-state index in [4.69, 9.17) is 4.74 Å². The standard InChI is InChI=1S/C27H26N4O3/c1-34-23-12-6-5-11-22(23)31-25-21(10-7-15-28-25)29-24(27(31)33)26(32)30-16-13-20(14-17-30)18-19-8-3-2-4-9-19/h2-12,15,20H,13-14,16-18H2,1H3. The summed E-state index contributed by atoms with van der Waals surface area (Å²) < 4.78 is 6.90. The van der Waals surface area contributed by atoms with Crippen LogP contribution in [0.3, 0.4) is 0 Å². The number of piperidine rings is 1. The summed E-state index contributed by atoms with van der Waals surface area (Å²) in [4.78, 5) is 37.6. The molecule has 4 aromatic rings. The number of likely N-dealkylation sites (tertiary alicyclic amines) is 1. The van der Waals surface area contributed by atoms with Gasteiger partial charge in [0.05, 0.1) is 12.8 Å². The Balaban J connectivity index is 1.46. The van der Waals surface area contributed by atoms with Crippen molar-refractivity contribution in [3.63, 3.8) is 0 Å². The van der Waals surface area contributed by atoms with E-state index in [1.54, 1.807) is 42.5 Å². The SMILES string of the molecule is COc1ccccc1-n1c(=O)c(C(=O)N2CCC(Cc3ccccc3)CC2)nc2cccnc21. The molecular formula is C27H26N4O3. The molecule has 2 aromatic carbocycles. The van der Waals surface area contributed by atoms with Crippen LogP contribution >= 0.6 is 0 Å². The molecule has 1 amide bonds. The molecule has 172 valence electrons. The summed E-state index contributed by atoms with van der Waals surface area (Å²) in [5, 5.41) is 0. The van der Waals surface area contributed by atoms with Gasteiger partial charge < -0.3 is 9.64 Å². The Kier molecular flexibility index (Phi) is 6.08. The van der Waals surface area contributed by atoms with Crippen LogP contribution in [0.1, 0.15) is 28.9 Å². The van der Waals surface area contributed by atoms with E-state index >= 15 is 0 Å². The Labute approximate surface area is 197 Å². The number of hydrogen-bond acceptors (Lipinski definition) is 5. The van der Waals surface area contributed by atoms with Gasteiger partial charge in [-0.1, -0.05) is 42.5 Å². The van der Waals surface area contributed by atoms with Gasteiger partial charge in [-0.05, 0) is 55.0 Å². The number of fused-ring (bicyclic) bond motifs is 1. The van der Waals surface area contributed by atoms with Crippen LogP contribution in [0, 0.1) is 5.92 Å². The van der Waals surface area contributed by atoms with Crippen LogP contribution in [-0.4, -0.2) is 45.5 Å². The number of pyridine rings is 1. The fourth-order valence-corrected chi connectivity index (χ4v) is 4.63. The van der Waals surface area contributed by atoms with Crippen LogP contribution in [0.5, 0.6) is 5.75 Å². The lowest BCUT2D eigenvalue weighted by molar-refractivity contribution is 0.0682. The Morgan fingerprint density at radius 3 is 2.50 bits per heavy atom. The molecule has 3 heterocycles. The lowest BCUT2D eigenvalue weighted by Crippen LogP contribution is -2.42. The van der Waals surface area contributed by atoms with E-state index in [-0.39, 0.29) is 11.6 Å². The second-order valence-electron chi connectivity index (χ2n) is 8.54. The molecule has 7 heteroatoms. The molecule has 1 saturated heterocycles. The van der Waals surface area contributed by atoms with Crippen molar-refractivity contribution in [2.24, 2.45) is 5.92 Å². The molecule has 0 saturated carbocycles. The number of ether oxygens (including phenoxy) is 1. The normalized spacial score (nSPS) is 14.3. The van der Waals surface area contributed by atoms with Crippen LogP contribution < -0.4 is 10.3 Å². The minimum absolute atomic E-state index is 0.0899. The van der Waals surface area contributed by atoms with Crippen molar-refractivity contribution in [2.45, 2.75) is 19.3 Å². The van der Waals surface area contributed by atoms with Crippen molar-refractivity contribution in [1.82, 2.24) is 19.4 Å². The summed E-state index contributed by atoms with van der Waals surface area (Å²) in [7, 11) is 1.55. The molecule has 0 aliphatic carbocycles. The number of para-hydroxylation sites is 2. The zero-order valence-electron chi connectivity index (χ0n) is 19.1. The molecule has 7 nitrogen and oxygen atoms in total. The van der Waals surface area contributed by atoms with Crippen LogP contribution in [0.15, 0.2) is 77.7 Å². The zero-order valence-corrected chi connectivity index (χ0v) is 19.1. The maximum Gasteiger partial charge on any atom is 0.288 e. The quantitative estimate of drug-likeness (QED) is 0.457. The van der Waals surface area contributed by atoms with Gasteiger partial charge in [0, 0.05) is 19.3 Å². The first-order valence-electron chi connectivity index (χ1n) is 11.5. The van der Waals surface area contributed by atoms with Gasteiger partial charge in [-0.15, -0.1) is 0 Å². The number of hydrogen-bond donors (Lipinski definition) is 0. The van der Waals surface area contributed by atoms with Crippen LogP contribution in [-0.2, 0) is 6.42 Å². The highest BCUT2D eigenvalue weighted by Crippen LogP contribution is 2.25. The Hall–Kier alpha value is -4.00. The second kappa shape index (κ2) is 9.47. The van der Waals surface area contributed by atoms with Gasteiger partial charge in [-0.2, -0.15) is 0 Å². The highest BCUT2D eigenvalue weighted by atomic mass is 16.5. The summed E-state index contributed by atoms with van der Waals surface area (Å²) in [5.41, 5.74) is 2.12. The van der Waals surface area contributed by atoms with Gasteiger partial charge in [0.2, 0.25) is 0 Å². The first-order valence-corrected chi connectivity index (χ1v) is 11.5.